The van der Waals surface area contributed by atoms with Crippen molar-refractivity contribution in [3.63, 3.8) is 0 Å². The molecule has 2 N–H and O–H groups in total. The summed E-state index contributed by atoms with van der Waals surface area (Å²) in [6.07, 6.45) is 4.52. The van der Waals surface area contributed by atoms with Crippen molar-refractivity contribution in [2.75, 3.05) is 0 Å². The number of nitrogens with zero attached hydrogens (tertiary/aromatic N) is 3. The predicted molar refractivity (Wildman–Crippen MR) is 85.9 cm³/mol. The standard InChI is InChI=1S/C15H14BrN3O2/c1-10-15(21)14(12(9-20)7-17-10)8-19-18-6-11-2-4-13(16)5-3-11/h2-8,20-21H,9H2,1H3/b18-6-,19-8+. The van der Waals surface area contributed by atoms with E-state index in [2.05, 4.69) is 31.1 Å². The van der Waals surface area contributed by atoms with Crippen molar-refractivity contribution in [2.45, 2.75) is 13.5 Å². The average molecular weight is 348 g/mol. The molecule has 0 radical (unpaired) electrons. The fourth-order valence-corrected chi connectivity index (χ4v) is 1.93. The highest BCUT2D eigenvalue weighted by Gasteiger charge is 2.08. The molecule has 0 amide bonds. The molecule has 0 aliphatic heterocycles. The molecule has 108 valence electrons. The van der Waals surface area contributed by atoms with Gasteiger partial charge in [0.2, 0.25) is 0 Å². The molecule has 0 spiro atoms. The number of aliphatic hydroxyl groups is 1. The Hall–Kier alpha value is -2.05. The number of halogens is 1. The number of aryl methyl sites for hydroxylation is 1. The lowest BCUT2D eigenvalue weighted by atomic mass is 10.1. The summed E-state index contributed by atoms with van der Waals surface area (Å²) < 4.78 is 0.993. The Morgan fingerprint density at radius 2 is 1.86 bits per heavy atom. The molecule has 1 heterocycles. The van der Waals surface area contributed by atoms with Crippen LogP contribution in [0, 0.1) is 6.92 Å². The van der Waals surface area contributed by atoms with Gasteiger partial charge >= 0.3 is 0 Å². The zero-order valence-electron chi connectivity index (χ0n) is 11.4. The highest BCUT2D eigenvalue weighted by molar-refractivity contribution is 9.10. The van der Waals surface area contributed by atoms with Crippen molar-refractivity contribution >= 4 is 28.4 Å². The number of aliphatic hydroxyl groups excluding tert-OH is 1. The minimum Gasteiger partial charge on any atom is -0.505 e. The second-order valence-corrected chi connectivity index (χ2v) is 5.25. The van der Waals surface area contributed by atoms with Crippen LogP contribution in [0.5, 0.6) is 5.75 Å². The van der Waals surface area contributed by atoms with Crippen molar-refractivity contribution in [2.24, 2.45) is 10.2 Å². The molecule has 1 aromatic heterocycles. The minimum atomic E-state index is -0.224. The Kier molecular flexibility index (Phi) is 5.19. The summed E-state index contributed by atoms with van der Waals surface area (Å²) in [5.41, 5.74) is 2.32. The maximum Gasteiger partial charge on any atom is 0.145 e. The van der Waals surface area contributed by atoms with Gasteiger partial charge in [-0.2, -0.15) is 10.2 Å². The molecule has 21 heavy (non-hydrogen) atoms. The van der Waals surface area contributed by atoms with Crippen molar-refractivity contribution < 1.29 is 10.2 Å². The molecular formula is C15H14BrN3O2. The van der Waals surface area contributed by atoms with Gasteiger partial charge in [0.05, 0.1) is 24.7 Å². The summed E-state index contributed by atoms with van der Waals surface area (Å²) in [7, 11) is 0. The highest BCUT2D eigenvalue weighted by Crippen LogP contribution is 2.21. The zero-order valence-corrected chi connectivity index (χ0v) is 12.9. The Labute approximate surface area is 130 Å². The molecule has 5 nitrogen and oxygen atoms in total. The second-order valence-electron chi connectivity index (χ2n) is 4.33. The summed E-state index contributed by atoms with van der Waals surface area (Å²) in [4.78, 5) is 3.98. The van der Waals surface area contributed by atoms with E-state index in [1.54, 1.807) is 13.1 Å². The van der Waals surface area contributed by atoms with Gasteiger partial charge in [0.25, 0.3) is 0 Å². The normalized spacial score (nSPS) is 11.6. The molecule has 0 saturated carbocycles. The number of aromatic hydroxyl groups is 1. The molecule has 6 heteroatoms. The molecule has 0 fully saturated rings. The van der Waals surface area contributed by atoms with Crippen LogP contribution < -0.4 is 0 Å². The van der Waals surface area contributed by atoms with E-state index in [0.29, 0.717) is 16.8 Å². The van der Waals surface area contributed by atoms with Crippen LogP contribution in [-0.4, -0.2) is 27.6 Å². The first kappa shape index (κ1) is 15.3. The van der Waals surface area contributed by atoms with E-state index < -0.39 is 0 Å². The predicted octanol–water partition coefficient (Wildman–Crippen LogP) is 2.80. The Morgan fingerprint density at radius 1 is 1.19 bits per heavy atom. The van der Waals surface area contributed by atoms with E-state index in [1.165, 1.54) is 12.4 Å². The van der Waals surface area contributed by atoms with Gasteiger partial charge in [-0.15, -0.1) is 0 Å². The summed E-state index contributed by atoms with van der Waals surface area (Å²) >= 11 is 3.36. The van der Waals surface area contributed by atoms with Crippen LogP contribution in [0.3, 0.4) is 0 Å². The van der Waals surface area contributed by atoms with Crippen molar-refractivity contribution in [1.82, 2.24) is 4.98 Å². The number of hydrogen-bond donors (Lipinski definition) is 2. The third kappa shape index (κ3) is 3.96. The Bertz CT molecular complexity index is 682. The van der Waals surface area contributed by atoms with Crippen molar-refractivity contribution in [3.05, 3.63) is 57.3 Å². The minimum absolute atomic E-state index is 0.00383. The van der Waals surface area contributed by atoms with Gasteiger partial charge in [-0.1, -0.05) is 28.1 Å². The van der Waals surface area contributed by atoms with Crippen LogP contribution >= 0.6 is 15.9 Å². The van der Waals surface area contributed by atoms with Gasteiger partial charge in [-0.25, -0.2) is 0 Å². The summed E-state index contributed by atoms with van der Waals surface area (Å²) in [6, 6.07) is 7.62. The lowest BCUT2D eigenvalue weighted by Gasteiger charge is -2.06. The van der Waals surface area contributed by atoms with Crippen LogP contribution in [0.25, 0.3) is 0 Å². The van der Waals surface area contributed by atoms with E-state index in [1.807, 2.05) is 24.3 Å². The molecule has 0 bridgehead atoms. The third-order valence-corrected chi connectivity index (χ3v) is 3.39. The highest BCUT2D eigenvalue weighted by atomic mass is 79.9. The largest absolute Gasteiger partial charge is 0.505 e. The molecule has 0 aliphatic rings. The van der Waals surface area contributed by atoms with Crippen molar-refractivity contribution in [3.8, 4) is 5.75 Å². The quantitative estimate of drug-likeness (QED) is 0.659. The van der Waals surface area contributed by atoms with E-state index >= 15 is 0 Å². The number of aromatic nitrogens is 1. The number of hydrogen-bond acceptors (Lipinski definition) is 5. The number of benzene rings is 1. The van der Waals surface area contributed by atoms with Crippen LogP contribution in [0.4, 0.5) is 0 Å². The van der Waals surface area contributed by atoms with E-state index in [4.69, 9.17) is 0 Å². The van der Waals surface area contributed by atoms with Gasteiger partial charge < -0.3 is 10.2 Å². The monoisotopic (exact) mass is 347 g/mol. The van der Waals surface area contributed by atoms with Crippen LogP contribution in [0.2, 0.25) is 0 Å². The van der Waals surface area contributed by atoms with Gasteiger partial charge in [0.1, 0.15) is 5.75 Å². The molecule has 2 aromatic rings. The molecule has 0 aliphatic carbocycles. The van der Waals surface area contributed by atoms with E-state index in [-0.39, 0.29) is 12.4 Å². The van der Waals surface area contributed by atoms with Crippen LogP contribution in [0.15, 0.2) is 45.1 Å². The van der Waals surface area contributed by atoms with Gasteiger partial charge in [0, 0.05) is 21.8 Å². The van der Waals surface area contributed by atoms with Gasteiger partial charge in [-0.3, -0.25) is 4.98 Å². The fraction of sp³-hybridized carbons (Fsp3) is 0.133. The van der Waals surface area contributed by atoms with Gasteiger partial charge in [-0.05, 0) is 24.6 Å². The van der Waals surface area contributed by atoms with Crippen LogP contribution in [0.1, 0.15) is 22.4 Å². The molecule has 0 atom stereocenters. The molecule has 1 aromatic carbocycles. The van der Waals surface area contributed by atoms with E-state index in [9.17, 15) is 10.2 Å². The first-order valence-corrected chi connectivity index (χ1v) is 7.01. The smallest absolute Gasteiger partial charge is 0.145 e. The Balaban J connectivity index is 2.18. The zero-order chi connectivity index (χ0) is 15.2. The SMILES string of the molecule is Cc1ncc(CO)c(/C=N/N=C\c2ccc(Br)cc2)c1O. The fourth-order valence-electron chi connectivity index (χ4n) is 1.66. The van der Waals surface area contributed by atoms with E-state index in [0.717, 1.165) is 10.0 Å². The summed E-state index contributed by atoms with van der Waals surface area (Å²) in [5.74, 6) is 0.00383. The maximum atomic E-state index is 9.93. The molecule has 0 saturated heterocycles. The average Bonchev–Trinajstić information content (AvgIpc) is 2.49. The molecule has 0 unspecified atom stereocenters. The first-order chi connectivity index (χ1) is 10.1. The maximum absolute atomic E-state index is 9.93. The lowest BCUT2D eigenvalue weighted by Crippen LogP contribution is -1.97. The molecular weight excluding hydrogens is 334 g/mol. The molecule has 2 rings (SSSR count). The second kappa shape index (κ2) is 7.10. The number of rotatable bonds is 4. The topological polar surface area (TPSA) is 78.1 Å². The Morgan fingerprint density at radius 3 is 2.52 bits per heavy atom. The third-order valence-electron chi connectivity index (χ3n) is 2.86. The summed E-state index contributed by atoms with van der Waals surface area (Å²) in [5, 5.41) is 27.0. The van der Waals surface area contributed by atoms with Crippen LogP contribution in [-0.2, 0) is 6.61 Å². The summed E-state index contributed by atoms with van der Waals surface area (Å²) in [6.45, 7) is 1.46. The number of pyridine rings is 1. The van der Waals surface area contributed by atoms with Gasteiger partial charge in [0.15, 0.2) is 0 Å². The first-order valence-electron chi connectivity index (χ1n) is 6.22. The van der Waals surface area contributed by atoms with Crippen molar-refractivity contribution in [1.29, 1.82) is 0 Å². The lowest BCUT2D eigenvalue weighted by molar-refractivity contribution is 0.280.